The first kappa shape index (κ1) is 21.8. The fraction of sp³-hybridized carbons (Fsp3) is 0.0345. The molecule has 0 fully saturated rings. The van der Waals surface area contributed by atoms with E-state index in [1.54, 1.807) is 54.7 Å². The van der Waals surface area contributed by atoms with Gasteiger partial charge in [-0.1, -0.05) is 48.5 Å². The van der Waals surface area contributed by atoms with Crippen LogP contribution < -0.4 is 10.6 Å². The first-order valence-electron chi connectivity index (χ1n) is 11.0. The van der Waals surface area contributed by atoms with Crippen molar-refractivity contribution in [1.29, 1.82) is 5.26 Å². The Morgan fingerprint density at radius 1 is 0.857 bits per heavy atom. The van der Waals surface area contributed by atoms with Crippen molar-refractivity contribution in [3.8, 4) is 6.07 Å². The fourth-order valence-corrected chi connectivity index (χ4v) is 3.97. The lowest BCUT2D eigenvalue weighted by atomic mass is 10.0. The molecule has 5 rings (SSSR count). The minimum atomic E-state index is -0.370. The molecule has 1 aromatic heterocycles. The smallest absolute Gasteiger partial charge is 0.279 e. The standard InChI is InChI=1S/C29H19N4O2/c30-17-19-9-11-20(12-10-19)18-32-28(34)25-7-2-5-22-16-23(13-14-24(22)25)33-29(35)26-8-1-4-21-6-3-15-31-27(21)26/h1-16H,18H2,(H,32,34). The molecule has 0 bridgehead atoms. The summed E-state index contributed by atoms with van der Waals surface area (Å²) in [5.41, 5.74) is 3.58. The summed E-state index contributed by atoms with van der Waals surface area (Å²) in [6.45, 7) is 0.349. The number of pyridine rings is 1. The topological polar surface area (TPSA) is 97.0 Å². The summed E-state index contributed by atoms with van der Waals surface area (Å²) < 4.78 is 0. The molecule has 1 radical (unpaired) electrons. The number of nitrogens with one attached hydrogen (secondary N) is 1. The average Bonchev–Trinajstić information content (AvgIpc) is 2.91. The molecule has 0 saturated heterocycles. The van der Waals surface area contributed by atoms with Gasteiger partial charge >= 0.3 is 0 Å². The van der Waals surface area contributed by atoms with E-state index in [-0.39, 0.29) is 11.8 Å². The number of fused-ring (bicyclic) bond motifs is 2. The van der Waals surface area contributed by atoms with Crippen LogP contribution in [0.2, 0.25) is 0 Å². The first-order valence-corrected chi connectivity index (χ1v) is 11.0. The summed E-state index contributed by atoms with van der Waals surface area (Å²) in [6.07, 6.45) is 1.66. The maximum atomic E-state index is 12.9. The van der Waals surface area contributed by atoms with E-state index in [1.807, 2.05) is 42.5 Å². The van der Waals surface area contributed by atoms with Crippen molar-refractivity contribution in [3.63, 3.8) is 0 Å². The minimum Gasteiger partial charge on any atom is -0.348 e. The van der Waals surface area contributed by atoms with E-state index in [4.69, 9.17) is 5.26 Å². The molecule has 0 aliphatic rings. The van der Waals surface area contributed by atoms with Crippen LogP contribution in [-0.4, -0.2) is 16.8 Å². The number of para-hydroxylation sites is 1. The lowest BCUT2D eigenvalue weighted by molar-refractivity contribution is 0.0949. The van der Waals surface area contributed by atoms with Crippen molar-refractivity contribution in [2.45, 2.75) is 6.54 Å². The highest BCUT2D eigenvalue weighted by atomic mass is 16.2. The van der Waals surface area contributed by atoms with Gasteiger partial charge in [0.1, 0.15) is 0 Å². The van der Waals surface area contributed by atoms with Crippen molar-refractivity contribution in [1.82, 2.24) is 15.6 Å². The van der Waals surface area contributed by atoms with Gasteiger partial charge in [0.15, 0.2) is 0 Å². The highest BCUT2D eigenvalue weighted by Gasteiger charge is 2.15. The number of carbonyl (C=O) groups excluding carboxylic acids is 2. The Bertz CT molecular complexity index is 1610. The lowest BCUT2D eigenvalue weighted by Crippen LogP contribution is -2.23. The van der Waals surface area contributed by atoms with E-state index in [2.05, 4.69) is 21.7 Å². The molecular formula is C29H19N4O2. The molecule has 2 amide bonds. The van der Waals surface area contributed by atoms with Crippen molar-refractivity contribution in [2.24, 2.45) is 0 Å². The van der Waals surface area contributed by atoms with Crippen LogP contribution in [-0.2, 0) is 6.54 Å². The Labute approximate surface area is 201 Å². The van der Waals surface area contributed by atoms with Gasteiger partial charge in [-0.05, 0) is 58.8 Å². The molecule has 0 saturated carbocycles. The van der Waals surface area contributed by atoms with Gasteiger partial charge in [-0.15, -0.1) is 0 Å². The molecule has 167 valence electrons. The third-order valence-corrected chi connectivity index (χ3v) is 5.74. The SMILES string of the molecule is N#Cc1ccc(CNC(=O)c2cccc3cc([N]C(=O)c4cccc5cccnc45)ccc23)cc1. The predicted molar refractivity (Wildman–Crippen MR) is 134 cm³/mol. The van der Waals surface area contributed by atoms with Gasteiger partial charge < -0.3 is 5.32 Å². The number of rotatable bonds is 5. The van der Waals surface area contributed by atoms with Crippen molar-refractivity contribution >= 4 is 39.2 Å². The molecule has 0 aliphatic carbocycles. The molecular weight excluding hydrogens is 436 g/mol. The van der Waals surface area contributed by atoms with Crippen LogP contribution in [0.4, 0.5) is 5.69 Å². The third-order valence-electron chi connectivity index (χ3n) is 5.74. The van der Waals surface area contributed by atoms with E-state index >= 15 is 0 Å². The molecule has 1 heterocycles. The van der Waals surface area contributed by atoms with Crippen LogP contribution in [0.5, 0.6) is 0 Å². The monoisotopic (exact) mass is 455 g/mol. The van der Waals surface area contributed by atoms with E-state index in [0.717, 1.165) is 21.7 Å². The summed E-state index contributed by atoms with van der Waals surface area (Å²) in [5, 5.41) is 18.6. The summed E-state index contributed by atoms with van der Waals surface area (Å²) in [4.78, 5) is 30.1. The van der Waals surface area contributed by atoms with Gasteiger partial charge in [-0.25, -0.2) is 5.32 Å². The van der Waals surface area contributed by atoms with Crippen LogP contribution in [0, 0.1) is 11.3 Å². The van der Waals surface area contributed by atoms with Crippen LogP contribution >= 0.6 is 0 Å². The Balaban J connectivity index is 1.35. The van der Waals surface area contributed by atoms with Crippen LogP contribution in [0.3, 0.4) is 0 Å². The van der Waals surface area contributed by atoms with Crippen LogP contribution in [0.25, 0.3) is 21.7 Å². The first-order chi connectivity index (χ1) is 17.1. The van der Waals surface area contributed by atoms with E-state index in [9.17, 15) is 9.59 Å². The molecule has 6 heteroatoms. The number of hydrogen-bond donors (Lipinski definition) is 1. The second kappa shape index (κ2) is 9.46. The largest absolute Gasteiger partial charge is 0.348 e. The second-order valence-corrected chi connectivity index (χ2v) is 8.00. The molecule has 0 spiro atoms. The highest BCUT2D eigenvalue weighted by Crippen LogP contribution is 2.24. The molecule has 5 aromatic rings. The average molecular weight is 455 g/mol. The molecule has 0 aliphatic heterocycles. The Morgan fingerprint density at radius 2 is 1.60 bits per heavy atom. The van der Waals surface area contributed by atoms with Gasteiger partial charge in [0.2, 0.25) is 0 Å². The van der Waals surface area contributed by atoms with E-state index < -0.39 is 0 Å². The zero-order chi connectivity index (χ0) is 24.2. The Morgan fingerprint density at radius 3 is 2.40 bits per heavy atom. The zero-order valence-electron chi connectivity index (χ0n) is 18.6. The minimum absolute atomic E-state index is 0.206. The number of carbonyl (C=O) groups is 2. The maximum Gasteiger partial charge on any atom is 0.279 e. The van der Waals surface area contributed by atoms with E-state index in [0.29, 0.717) is 34.4 Å². The van der Waals surface area contributed by atoms with E-state index in [1.165, 1.54) is 0 Å². The van der Waals surface area contributed by atoms with Gasteiger partial charge in [-0.3, -0.25) is 14.6 Å². The normalized spacial score (nSPS) is 10.6. The summed E-state index contributed by atoms with van der Waals surface area (Å²) >= 11 is 0. The number of nitriles is 1. The van der Waals surface area contributed by atoms with Gasteiger partial charge in [-0.2, -0.15) is 5.26 Å². The van der Waals surface area contributed by atoms with Crippen molar-refractivity contribution in [3.05, 3.63) is 119 Å². The quantitative estimate of drug-likeness (QED) is 0.391. The summed E-state index contributed by atoms with van der Waals surface area (Å²) in [5.74, 6) is -0.576. The van der Waals surface area contributed by atoms with Crippen LogP contribution in [0.15, 0.2) is 97.2 Å². The van der Waals surface area contributed by atoms with Crippen molar-refractivity contribution in [2.75, 3.05) is 0 Å². The second-order valence-electron chi connectivity index (χ2n) is 8.00. The maximum absolute atomic E-state index is 12.9. The predicted octanol–water partition coefficient (Wildman–Crippen LogP) is 5.27. The number of amides is 2. The fourth-order valence-electron chi connectivity index (χ4n) is 3.97. The Hall–Kier alpha value is -5.02. The Kier molecular flexibility index (Phi) is 5.89. The summed E-state index contributed by atoms with van der Waals surface area (Å²) in [7, 11) is 0. The van der Waals surface area contributed by atoms with Crippen molar-refractivity contribution < 1.29 is 9.59 Å². The number of nitrogens with zero attached hydrogens (tertiary/aromatic N) is 3. The molecule has 4 aromatic carbocycles. The molecule has 6 nitrogen and oxygen atoms in total. The molecule has 0 unspecified atom stereocenters. The molecule has 1 N–H and O–H groups in total. The highest BCUT2D eigenvalue weighted by molar-refractivity contribution is 6.09. The number of aromatic nitrogens is 1. The third kappa shape index (κ3) is 4.56. The zero-order valence-corrected chi connectivity index (χ0v) is 18.6. The van der Waals surface area contributed by atoms with Gasteiger partial charge in [0, 0.05) is 23.7 Å². The number of hydrogen-bond acceptors (Lipinski definition) is 4. The summed E-state index contributed by atoms with van der Waals surface area (Å²) in [6, 6.07) is 29.1. The number of benzene rings is 4. The molecule has 0 atom stereocenters. The van der Waals surface area contributed by atoms with Crippen LogP contribution in [0.1, 0.15) is 31.8 Å². The van der Waals surface area contributed by atoms with Gasteiger partial charge in [0.25, 0.3) is 11.8 Å². The lowest BCUT2D eigenvalue weighted by Gasteiger charge is -2.10. The van der Waals surface area contributed by atoms with Gasteiger partial charge in [0.05, 0.1) is 28.4 Å². The molecule has 35 heavy (non-hydrogen) atoms.